The van der Waals surface area contributed by atoms with Gasteiger partial charge in [-0.2, -0.15) is 0 Å². The first-order valence-corrected chi connectivity index (χ1v) is 5.17. The monoisotopic (exact) mass is 223 g/mol. The number of carbonyl (C=O) groups is 1. The summed E-state index contributed by atoms with van der Waals surface area (Å²) in [7, 11) is 1.79. The summed E-state index contributed by atoms with van der Waals surface area (Å²) in [6.45, 7) is 3.83. The van der Waals surface area contributed by atoms with Gasteiger partial charge in [0.2, 0.25) is 5.91 Å². The van der Waals surface area contributed by atoms with Crippen LogP contribution in [0.4, 0.5) is 11.5 Å². The van der Waals surface area contributed by atoms with Crippen molar-refractivity contribution in [2.75, 3.05) is 24.3 Å². The van der Waals surface area contributed by atoms with Gasteiger partial charge in [-0.1, -0.05) is 0 Å². The molecule has 0 saturated heterocycles. The number of pyridine rings is 1. The Hall–Kier alpha value is -1.62. The smallest absolute Gasteiger partial charge is 0.250 e. The van der Waals surface area contributed by atoms with Crippen LogP contribution in [-0.4, -0.2) is 30.6 Å². The maximum absolute atomic E-state index is 11.4. The second kappa shape index (κ2) is 6.07. The van der Waals surface area contributed by atoms with Gasteiger partial charge in [-0.15, -0.1) is 0 Å². The van der Waals surface area contributed by atoms with E-state index < -0.39 is 0 Å². The minimum absolute atomic E-state index is 0.0514. The number of rotatable bonds is 5. The molecule has 5 nitrogen and oxygen atoms in total. The molecule has 2 N–H and O–H groups in total. The van der Waals surface area contributed by atoms with E-state index in [1.807, 2.05) is 13.8 Å². The second-order valence-corrected chi connectivity index (χ2v) is 3.59. The van der Waals surface area contributed by atoms with Crippen LogP contribution in [0.2, 0.25) is 0 Å². The fourth-order valence-corrected chi connectivity index (χ4v) is 1.06. The summed E-state index contributed by atoms with van der Waals surface area (Å²) in [5.74, 6) is 0.587. The molecule has 0 aliphatic heterocycles. The van der Waals surface area contributed by atoms with E-state index in [0.29, 0.717) is 5.69 Å². The van der Waals surface area contributed by atoms with E-state index in [1.54, 1.807) is 25.4 Å². The maximum atomic E-state index is 11.4. The lowest BCUT2D eigenvalue weighted by Crippen LogP contribution is -2.20. The first kappa shape index (κ1) is 12.4. The second-order valence-electron chi connectivity index (χ2n) is 3.59. The number of amides is 1. The van der Waals surface area contributed by atoms with Gasteiger partial charge in [0.05, 0.1) is 18.0 Å². The van der Waals surface area contributed by atoms with E-state index in [0.717, 1.165) is 5.82 Å². The molecule has 0 saturated carbocycles. The minimum Gasteiger partial charge on any atom is -0.373 e. The molecule has 1 rings (SSSR count). The Morgan fingerprint density at radius 1 is 1.50 bits per heavy atom. The number of anilines is 2. The van der Waals surface area contributed by atoms with Crippen molar-refractivity contribution in [3.8, 4) is 0 Å². The lowest BCUT2D eigenvalue weighted by atomic mass is 10.4. The molecule has 0 spiro atoms. The highest BCUT2D eigenvalue weighted by Crippen LogP contribution is 2.08. The molecular weight excluding hydrogens is 206 g/mol. The maximum Gasteiger partial charge on any atom is 0.250 e. The van der Waals surface area contributed by atoms with Crippen molar-refractivity contribution in [1.82, 2.24) is 4.98 Å². The van der Waals surface area contributed by atoms with Crippen LogP contribution in [0.3, 0.4) is 0 Å². The van der Waals surface area contributed by atoms with Gasteiger partial charge in [-0.3, -0.25) is 4.79 Å². The molecule has 1 aromatic rings. The zero-order valence-electron chi connectivity index (χ0n) is 9.78. The molecule has 0 aromatic carbocycles. The fourth-order valence-electron chi connectivity index (χ4n) is 1.06. The van der Waals surface area contributed by atoms with Crippen molar-refractivity contribution in [1.29, 1.82) is 0 Å². The van der Waals surface area contributed by atoms with E-state index in [-0.39, 0.29) is 18.6 Å². The Morgan fingerprint density at radius 2 is 2.25 bits per heavy atom. The number of nitrogens with one attached hydrogen (secondary N) is 2. The summed E-state index contributed by atoms with van der Waals surface area (Å²) in [5.41, 5.74) is 0.663. The molecule has 0 aliphatic carbocycles. The highest BCUT2D eigenvalue weighted by molar-refractivity contribution is 5.91. The Morgan fingerprint density at radius 3 is 2.75 bits per heavy atom. The molecule has 0 bridgehead atoms. The third-order valence-corrected chi connectivity index (χ3v) is 1.85. The Bertz CT molecular complexity index is 336. The quantitative estimate of drug-likeness (QED) is 0.793. The summed E-state index contributed by atoms with van der Waals surface area (Å²) < 4.78 is 5.18. The van der Waals surface area contributed by atoms with Crippen molar-refractivity contribution >= 4 is 17.4 Å². The zero-order valence-corrected chi connectivity index (χ0v) is 9.78. The minimum atomic E-state index is -0.173. The number of nitrogens with zero attached hydrogens (tertiary/aromatic N) is 1. The van der Waals surface area contributed by atoms with E-state index in [2.05, 4.69) is 15.6 Å². The van der Waals surface area contributed by atoms with Crippen molar-refractivity contribution in [3.05, 3.63) is 18.3 Å². The van der Waals surface area contributed by atoms with Crippen molar-refractivity contribution in [2.45, 2.75) is 20.0 Å². The average Bonchev–Trinajstić information content (AvgIpc) is 2.27. The highest BCUT2D eigenvalue weighted by atomic mass is 16.5. The van der Waals surface area contributed by atoms with Crippen molar-refractivity contribution < 1.29 is 9.53 Å². The predicted molar refractivity (Wildman–Crippen MR) is 63.5 cm³/mol. The van der Waals surface area contributed by atoms with Gasteiger partial charge >= 0.3 is 0 Å². The SMILES string of the molecule is CNc1ccc(NC(=O)COC(C)C)cn1. The first-order valence-electron chi connectivity index (χ1n) is 5.17. The van der Waals surface area contributed by atoms with Crippen LogP contribution in [0.25, 0.3) is 0 Å². The fraction of sp³-hybridized carbons (Fsp3) is 0.455. The molecule has 1 heterocycles. The average molecular weight is 223 g/mol. The molecule has 0 aliphatic rings. The lowest BCUT2D eigenvalue weighted by molar-refractivity contribution is -0.121. The number of aromatic nitrogens is 1. The summed E-state index contributed by atoms with van der Waals surface area (Å²) in [6.07, 6.45) is 1.65. The van der Waals surface area contributed by atoms with Gasteiger partial charge in [-0.05, 0) is 26.0 Å². The molecule has 1 amide bonds. The molecule has 5 heteroatoms. The lowest BCUT2D eigenvalue weighted by Gasteiger charge is -2.08. The van der Waals surface area contributed by atoms with Gasteiger partial charge in [-0.25, -0.2) is 4.98 Å². The van der Waals surface area contributed by atoms with Crippen LogP contribution in [-0.2, 0) is 9.53 Å². The molecular formula is C11H17N3O2. The van der Waals surface area contributed by atoms with Crippen LogP contribution in [0, 0.1) is 0 Å². The van der Waals surface area contributed by atoms with E-state index >= 15 is 0 Å². The summed E-state index contributed by atoms with van der Waals surface area (Å²) in [6, 6.07) is 3.57. The highest BCUT2D eigenvalue weighted by Gasteiger charge is 2.04. The summed E-state index contributed by atoms with van der Waals surface area (Å²) >= 11 is 0. The normalized spacial score (nSPS) is 10.2. The van der Waals surface area contributed by atoms with Gasteiger partial charge < -0.3 is 15.4 Å². The molecule has 0 atom stereocenters. The Balaban J connectivity index is 2.43. The third-order valence-electron chi connectivity index (χ3n) is 1.85. The topological polar surface area (TPSA) is 63.2 Å². The molecule has 0 fully saturated rings. The van der Waals surface area contributed by atoms with Crippen molar-refractivity contribution in [2.24, 2.45) is 0 Å². The van der Waals surface area contributed by atoms with Crippen LogP contribution in [0.15, 0.2) is 18.3 Å². The largest absolute Gasteiger partial charge is 0.373 e. The van der Waals surface area contributed by atoms with Crippen LogP contribution < -0.4 is 10.6 Å². The molecule has 0 unspecified atom stereocenters. The first-order chi connectivity index (χ1) is 7.61. The summed E-state index contributed by atoms with van der Waals surface area (Å²) in [5, 5.41) is 5.59. The number of hydrogen-bond donors (Lipinski definition) is 2. The molecule has 1 aromatic heterocycles. The molecule has 88 valence electrons. The van der Waals surface area contributed by atoms with Crippen LogP contribution in [0.1, 0.15) is 13.8 Å². The summed E-state index contributed by atoms with van der Waals surface area (Å²) in [4.78, 5) is 15.5. The van der Waals surface area contributed by atoms with Crippen LogP contribution in [0.5, 0.6) is 0 Å². The van der Waals surface area contributed by atoms with Gasteiger partial charge in [0.15, 0.2) is 0 Å². The third kappa shape index (κ3) is 4.27. The molecule has 16 heavy (non-hydrogen) atoms. The van der Waals surface area contributed by atoms with E-state index in [1.165, 1.54) is 0 Å². The Kier molecular flexibility index (Phi) is 4.72. The standard InChI is InChI=1S/C11H17N3O2/c1-8(2)16-7-11(15)14-9-4-5-10(12-3)13-6-9/h4-6,8H,7H2,1-3H3,(H,12,13)(H,14,15). The van der Waals surface area contributed by atoms with E-state index in [4.69, 9.17) is 4.74 Å². The number of ether oxygens (including phenoxy) is 1. The van der Waals surface area contributed by atoms with Gasteiger partial charge in [0.1, 0.15) is 12.4 Å². The zero-order chi connectivity index (χ0) is 12.0. The van der Waals surface area contributed by atoms with Crippen LogP contribution >= 0.6 is 0 Å². The van der Waals surface area contributed by atoms with Gasteiger partial charge in [0.25, 0.3) is 0 Å². The van der Waals surface area contributed by atoms with Crippen molar-refractivity contribution in [3.63, 3.8) is 0 Å². The number of carbonyl (C=O) groups excluding carboxylic acids is 1. The van der Waals surface area contributed by atoms with E-state index in [9.17, 15) is 4.79 Å². The predicted octanol–water partition coefficient (Wildman–Crippen LogP) is 1.49. The van der Waals surface area contributed by atoms with Gasteiger partial charge in [0, 0.05) is 7.05 Å². The molecule has 0 radical (unpaired) electrons. The Labute approximate surface area is 95.2 Å². The number of hydrogen-bond acceptors (Lipinski definition) is 4.